The normalized spacial score (nSPS) is 45.4. The molecule has 2 aliphatic carbocycles. The predicted octanol–water partition coefficient (Wildman–Crippen LogP) is 2.51. The zero-order chi connectivity index (χ0) is 15.4. The van der Waals surface area contributed by atoms with Crippen LogP contribution in [0.5, 0.6) is 0 Å². The van der Waals surface area contributed by atoms with Gasteiger partial charge in [0.15, 0.2) is 6.29 Å². The van der Waals surface area contributed by atoms with E-state index in [9.17, 15) is 5.11 Å². The molecule has 0 aromatic heterocycles. The highest BCUT2D eigenvalue weighted by molar-refractivity contribution is 5.31. The molecule has 4 heteroatoms. The highest BCUT2D eigenvalue weighted by Crippen LogP contribution is 2.56. The van der Waals surface area contributed by atoms with Crippen molar-refractivity contribution in [1.29, 1.82) is 0 Å². The van der Waals surface area contributed by atoms with Crippen LogP contribution in [0.25, 0.3) is 0 Å². The molecule has 4 nitrogen and oxygen atoms in total. The van der Waals surface area contributed by atoms with E-state index in [1.807, 2.05) is 0 Å². The van der Waals surface area contributed by atoms with Crippen molar-refractivity contribution in [3.8, 4) is 0 Å². The van der Waals surface area contributed by atoms with Crippen molar-refractivity contribution < 1.29 is 19.3 Å². The molecule has 0 unspecified atom stereocenters. The second-order valence-electron chi connectivity index (χ2n) is 7.91. The molecule has 1 saturated carbocycles. The Labute approximate surface area is 127 Å². The Hall–Kier alpha value is -0.420. The number of methoxy groups -OCH3 is 2. The van der Waals surface area contributed by atoms with Crippen LogP contribution in [0.4, 0.5) is 0 Å². The summed E-state index contributed by atoms with van der Waals surface area (Å²) in [5.41, 5.74) is 2.13. The lowest BCUT2D eigenvalue weighted by Crippen LogP contribution is -2.41. The van der Waals surface area contributed by atoms with Crippen molar-refractivity contribution in [2.75, 3.05) is 20.8 Å². The van der Waals surface area contributed by atoms with Gasteiger partial charge in [-0.3, -0.25) is 0 Å². The number of aliphatic hydroxyl groups excluding tert-OH is 1. The first-order valence-corrected chi connectivity index (χ1v) is 7.91. The number of hydrogen-bond donors (Lipinski definition) is 1. The van der Waals surface area contributed by atoms with Crippen LogP contribution in [0.3, 0.4) is 0 Å². The SMILES string of the molecule is CO[C@H]1OCC2=C1C[C@](C)(OC)[C@H]1CC(C)(C)C[C@H]1[C@@H]2O. The van der Waals surface area contributed by atoms with Gasteiger partial charge in [0.25, 0.3) is 0 Å². The molecule has 1 aliphatic heterocycles. The highest BCUT2D eigenvalue weighted by Gasteiger charge is 2.55. The second kappa shape index (κ2) is 5.05. The quantitative estimate of drug-likeness (QED) is 0.795. The van der Waals surface area contributed by atoms with Crippen LogP contribution in [-0.2, 0) is 14.2 Å². The highest BCUT2D eigenvalue weighted by atomic mass is 16.7. The molecule has 1 N–H and O–H groups in total. The number of aliphatic hydroxyl groups is 1. The molecule has 3 aliphatic rings. The summed E-state index contributed by atoms with van der Waals surface area (Å²) in [7, 11) is 3.45. The maximum Gasteiger partial charge on any atom is 0.180 e. The number of rotatable bonds is 2. The first-order valence-electron chi connectivity index (χ1n) is 7.91. The minimum absolute atomic E-state index is 0.247. The van der Waals surface area contributed by atoms with Crippen LogP contribution in [0.15, 0.2) is 11.1 Å². The molecule has 0 saturated heterocycles. The van der Waals surface area contributed by atoms with Crippen LogP contribution in [0.1, 0.15) is 40.0 Å². The molecule has 3 rings (SSSR count). The van der Waals surface area contributed by atoms with Gasteiger partial charge < -0.3 is 19.3 Å². The van der Waals surface area contributed by atoms with Gasteiger partial charge in [-0.25, -0.2) is 0 Å². The average Bonchev–Trinajstić information content (AvgIpc) is 2.96. The Morgan fingerprint density at radius 1 is 1.14 bits per heavy atom. The van der Waals surface area contributed by atoms with E-state index in [2.05, 4.69) is 20.8 Å². The monoisotopic (exact) mass is 296 g/mol. The number of hydrogen-bond acceptors (Lipinski definition) is 4. The molecule has 0 amide bonds. The Balaban J connectivity index is 2.02. The summed E-state index contributed by atoms with van der Waals surface area (Å²) in [6.07, 6.45) is 2.16. The summed E-state index contributed by atoms with van der Waals surface area (Å²) in [6, 6.07) is 0. The minimum atomic E-state index is -0.427. The van der Waals surface area contributed by atoms with Crippen molar-refractivity contribution in [2.24, 2.45) is 17.3 Å². The molecule has 0 spiro atoms. The fourth-order valence-electron chi connectivity index (χ4n) is 4.79. The van der Waals surface area contributed by atoms with Crippen molar-refractivity contribution >= 4 is 0 Å². The smallest absolute Gasteiger partial charge is 0.180 e. The summed E-state index contributed by atoms with van der Waals surface area (Å²) >= 11 is 0. The molecule has 21 heavy (non-hydrogen) atoms. The molecule has 0 bridgehead atoms. The maximum atomic E-state index is 11.0. The van der Waals surface area contributed by atoms with Crippen LogP contribution in [-0.4, -0.2) is 43.9 Å². The summed E-state index contributed by atoms with van der Waals surface area (Å²) in [5, 5.41) is 11.0. The van der Waals surface area contributed by atoms with Gasteiger partial charge in [-0.2, -0.15) is 0 Å². The molecule has 0 aromatic rings. The largest absolute Gasteiger partial charge is 0.388 e. The molecular weight excluding hydrogens is 268 g/mol. The lowest BCUT2D eigenvalue weighted by Gasteiger charge is -2.38. The van der Waals surface area contributed by atoms with Gasteiger partial charge in [0, 0.05) is 20.6 Å². The summed E-state index contributed by atoms with van der Waals surface area (Å²) < 4.78 is 17.1. The standard InChI is InChI=1S/C17H28O4/c1-16(2)6-11-13(8-16)17(3,20-5)7-10-12(14(11)18)9-21-15(10)19-4/h11,13-15,18H,6-9H2,1-5H3/t11-,13+,14+,15+,17+/m1/s1. The summed E-state index contributed by atoms with van der Waals surface area (Å²) in [6.45, 7) is 7.25. The third kappa shape index (κ3) is 2.37. The molecule has 0 radical (unpaired) electrons. The Kier molecular flexibility index (Phi) is 3.72. The third-order valence-corrected chi connectivity index (χ3v) is 5.93. The molecular formula is C17H28O4. The van der Waals surface area contributed by atoms with Crippen LogP contribution in [0, 0.1) is 17.3 Å². The summed E-state index contributed by atoms with van der Waals surface area (Å²) in [4.78, 5) is 0. The Bertz CT molecular complexity index is 456. The summed E-state index contributed by atoms with van der Waals surface area (Å²) in [5.74, 6) is 0.618. The van der Waals surface area contributed by atoms with E-state index in [1.165, 1.54) is 0 Å². The van der Waals surface area contributed by atoms with E-state index in [0.717, 1.165) is 30.4 Å². The molecule has 1 fully saturated rings. The average molecular weight is 296 g/mol. The Morgan fingerprint density at radius 2 is 1.86 bits per heavy atom. The van der Waals surface area contributed by atoms with Crippen molar-refractivity contribution in [1.82, 2.24) is 0 Å². The van der Waals surface area contributed by atoms with E-state index >= 15 is 0 Å². The number of fused-ring (bicyclic) bond motifs is 1. The molecule has 5 atom stereocenters. The van der Waals surface area contributed by atoms with E-state index < -0.39 is 6.10 Å². The maximum absolute atomic E-state index is 11.0. The first kappa shape index (κ1) is 15.5. The third-order valence-electron chi connectivity index (χ3n) is 5.93. The van der Waals surface area contributed by atoms with Gasteiger partial charge in [0.1, 0.15) is 0 Å². The van der Waals surface area contributed by atoms with Gasteiger partial charge >= 0.3 is 0 Å². The van der Waals surface area contributed by atoms with Crippen LogP contribution in [0.2, 0.25) is 0 Å². The molecule has 0 aromatic carbocycles. The van der Waals surface area contributed by atoms with Gasteiger partial charge in [0.2, 0.25) is 0 Å². The van der Waals surface area contributed by atoms with Gasteiger partial charge in [-0.1, -0.05) is 13.8 Å². The lowest BCUT2D eigenvalue weighted by molar-refractivity contribution is -0.102. The van der Waals surface area contributed by atoms with Crippen LogP contribution < -0.4 is 0 Å². The molecule has 1 heterocycles. The fraction of sp³-hybridized carbons (Fsp3) is 0.882. The van der Waals surface area contributed by atoms with Crippen molar-refractivity contribution in [3.05, 3.63) is 11.1 Å². The van der Waals surface area contributed by atoms with Crippen molar-refractivity contribution in [3.63, 3.8) is 0 Å². The number of ether oxygens (including phenoxy) is 3. The van der Waals surface area contributed by atoms with Crippen LogP contribution >= 0.6 is 0 Å². The van der Waals surface area contributed by atoms with E-state index in [-0.39, 0.29) is 23.2 Å². The second-order valence-corrected chi connectivity index (χ2v) is 7.91. The zero-order valence-electron chi connectivity index (χ0n) is 13.8. The zero-order valence-corrected chi connectivity index (χ0v) is 13.8. The first-order chi connectivity index (χ1) is 9.81. The topological polar surface area (TPSA) is 47.9 Å². The lowest BCUT2D eigenvalue weighted by atomic mass is 9.77. The van der Waals surface area contributed by atoms with Gasteiger partial charge in [-0.15, -0.1) is 0 Å². The van der Waals surface area contributed by atoms with E-state index in [0.29, 0.717) is 12.5 Å². The van der Waals surface area contributed by atoms with Crippen molar-refractivity contribution in [2.45, 2.75) is 58.0 Å². The predicted molar refractivity (Wildman–Crippen MR) is 79.8 cm³/mol. The Morgan fingerprint density at radius 3 is 2.48 bits per heavy atom. The van der Waals surface area contributed by atoms with Gasteiger partial charge in [0.05, 0.1) is 18.3 Å². The van der Waals surface area contributed by atoms with E-state index in [1.54, 1.807) is 14.2 Å². The van der Waals surface area contributed by atoms with Gasteiger partial charge in [-0.05, 0) is 48.2 Å². The minimum Gasteiger partial charge on any atom is -0.388 e. The fourth-order valence-corrected chi connectivity index (χ4v) is 4.79. The molecule has 120 valence electrons. The van der Waals surface area contributed by atoms with E-state index in [4.69, 9.17) is 14.2 Å².